The summed E-state index contributed by atoms with van der Waals surface area (Å²) in [4.78, 5) is 25.7. The van der Waals surface area contributed by atoms with Crippen molar-refractivity contribution >= 4 is 11.8 Å². The quantitative estimate of drug-likeness (QED) is 0.810. The Kier molecular flexibility index (Phi) is 6.15. The summed E-state index contributed by atoms with van der Waals surface area (Å²) in [6, 6.07) is 5.89. The second-order valence-electron chi connectivity index (χ2n) is 6.51. The van der Waals surface area contributed by atoms with Crippen LogP contribution in [0, 0.1) is 19.8 Å². The van der Waals surface area contributed by atoms with E-state index >= 15 is 0 Å². The van der Waals surface area contributed by atoms with Crippen molar-refractivity contribution in [3.8, 4) is 0 Å². The summed E-state index contributed by atoms with van der Waals surface area (Å²) in [5.41, 5.74) is 2.97. The second kappa shape index (κ2) is 8.11. The van der Waals surface area contributed by atoms with Crippen LogP contribution < -0.4 is 5.32 Å². The SMILES string of the molecule is C=CC(=O)N1CCCC(C(=O)NCC(O)c2cc(C)cc(C)c2)C1. The number of aliphatic hydroxyl groups excluding tert-OH is 1. The summed E-state index contributed by atoms with van der Waals surface area (Å²) in [5.74, 6) is -0.475. The van der Waals surface area contributed by atoms with Crippen molar-refractivity contribution in [1.29, 1.82) is 0 Å². The normalized spacial score (nSPS) is 18.8. The zero-order chi connectivity index (χ0) is 17.7. The summed E-state index contributed by atoms with van der Waals surface area (Å²) in [6.45, 7) is 8.70. The highest BCUT2D eigenvalue weighted by molar-refractivity contribution is 5.88. The molecule has 1 fully saturated rings. The first-order valence-corrected chi connectivity index (χ1v) is 8.36. The number of nitrogens with zero attached hydrogens (tertiary/aromatic N) is 1. The van der Waals surface area contributed by atoms with E-state index in [0.717, 1.165) is 29.5 Å². The number of amides is 2. The minimum atomic E-state index is -0.734. The fourth-order valence-corrected chi connectivity index (χ4v) is 3.18. The van der Waals surface area contributed by atoms with E-state index in [0.29, 0.717) is 13.1 Å². The van der Waals surface area contributed by atoms with Crippen LogP contribution in [0.15, 0.2) is 30.9 Å². The minimum Gasteiger partial charge on any atom is -0.387 e. The molecule has 2 atom stereocenters. The van der Waals surface area contributed by atoms with Crippen molar-refractivity contribution in [2.24, 2.45) is 5.92 Å². The fraction of sp³-hybridized carbons (Fsp3) is 0.474. The first kappa shape index (κ1) is 18.2. The number of hydrogen-bond acceptors (Lipinski definition) is 3. The Balaban J connectivity index is 1.90. The molecule has 1 aliphatic rings. The molecule has 1 saturated heterocycles. The highest BCUT2D eigenvalue weighted by Gasteiger charge is 2.27. The molecular weight excluding hydrogens is 304 g/mol. The summed E-state index contributed by atoms with van der Waals surface area (Å²) < 4.78 is 0. The molecule has 0 aliphatic carbocycles. The third-order valence-corrected chi connectivity index (χ3v) is 4.38. The van der Waals surface area contributed by atoms with Crippen molar-refractivity contribution in [3.63, 3.8) is 0 Å². The van der Waals surface area contributed by atoms with Crippen LogP contribution >= 0.6 is 0 Å². The number of aliphatic hydroxyl groups is 1. The molecule has 1 aromatic carbocycles. The Labute approximate surface area is 143 Å². The molecule has 0 radical (unpaired) electrons. The third kappa shape index (κ3) is 4.68. The predicted molar refractivity (Wildman–Crippen MR) is 93.4 cm³/mol. The molecule has 0 aromatic heterocycles. The van der Waals surface area contributed by atoms with Gasteiger partial charge >= 0.3 is 0 Å². The van der Waals surface area contributed by atoms with Gasteiger partial charge in [-0.25, -0.2) is 0 Å². The Morgan fingerprint density at radius 1 is 1.38 bits per heavy atom. The summed E-state index contributed by atoms with van der Waals surface area (Å²) in [5, 5.41) is 13.1. The van der Waals surface area contributed by atoms with Crippen molar-refractivity contribution in [2.75, 3.05) is 19.6 Å². The highest BCUT2D eigenvalue weighted by atomic mass is 16.3. The zero-order valence-electron chi connectivity index (χ0n) is 14.4. The highest BCUT2D eigenvalue weighted by Crippen LogP contribution is 2.19. The lowest BCUT2D eigenvalue weighted by molar-refractivity contribution is -0.132. The van der Waals surface area contributed by atoms with Gasteiger partial charge in [-0.2, -0.15) is 0 Å². The molecule has 0 saturated carbocycles. The number of piperidine rings is 1. The van der Waals surface area contributed by atoms with E-state index in [-0.39, 0.29) is 24.3 Å². The molecule has 24 heavy (non-hydrogen) atoms. The number of likely N-dealkylation sites (tertiary alicyclic amines) is 1. The lowest BCUT2D eigenvalue weighted by atomic mass is 9.96. The van der Waals surface area contributed by atoms with Gasteiger partial charge in [0, 0.05) is 19.6 Å². The van der Waals surface area contributed by atoms with E-state index in [1.165, 1.54) is 6.08 Å². The van der Waals surface area contributed by atoms with Crippen LogP contribution in [0.4, 0.5) is 0 Å². The third-order valence-electron chi connectivity index (χ3n) is 4.38. The fourth-order valence-electron chi connectivity index (χ4n) is 3.18. The molecule has 2 unspecified atom stereocenters. The maximum atomic E-state index is 12.3. The smallest absolute Gasteiger partial charge is 0.245 e. The second-order valence-corrected chi connectivity index (χ2v) is 6.51. The molecule has 1 aliphatic heterocycles. The number of benzene rings is 1. The van der Waals surface area contributed by atoms with Crippen molar-refractivity contribution < 1.29 is 14.7 Å². The first-order chi connectivity index (χ1) is 11.4. The molecule has 1 aromatic rings. The minimum absolute atomic E-state index is 0.111. The van der Waals surface area contributed by atoms with Gasteiger partial charge in [-0.1, -0.05) is 35.9 Å². The van der Waals surface area contributed by atoms with E-state index in [1.54, 1.807) is 4.90 Å². The number of nitrogens with one attached hydrogen (secondary N) is 1. The predicted octanol–water partition coefficient (Wildman–Crippen LogP) is 1.88. The van der Waals surface area contributed by atoms with E-state index < -0.39 is 6.10 Å². The molecular formula is C19H26N2O3. The van der Waals surface area contributed by atoms with Crippen LogP contribution in [0.2, 0.25) is 0 Å². The largest absolute Gasteiger partial charge is 0.387 e. The van der Waals surface area contributed by atoms with Crippen LogP contribution in [-0.4, -0.2) is 41.5 Å². The van der Waals surface area contributed by atoms with Gasteiger partial charge < -0.3 is 15.3 Å². The number of carbonyl (C=O) groups is 2. The summed E-state index contributed by atoms with van der Waals surface area (Å²) >= 11 is 0. The Morgan fingerprint density at radius 2 is 2.04 bits per heavy atom. The molecule has 5 nitrogen and oxygen atoms in total. The lowest BCUT2D eigenvalue weighted by Crippen LogP contribution is -2.45. The molecule has 2 rings (SSSR count). The van der Waals surface area contributed by atoms with Crippen LogP contribution in [0.3, 0.4) is 0 Å². The van der Waals surface area contributed by atoms with Crippen LogP contribution in [0.25, 0.3) is 0 Å². The average Bonchev–Trinajstić information content (AvgIpc) is 2.57. The van der Waals surface area contributed by atoms with E-state index in [9.17, 15) is 14.7 Å². The topological polar surface area (TPSA) is 69.6 Å². The van der Waals surface area contributed by atoms with Gasteiger partial charge in [-0.05, 0) is 38.3 Å². The number of aryl methyl sites for hydroxylation is 2. The molecule has 2 N–H and O–H groups in total. The Bertz CT molecular complexity index is 607. The lowest BCUT2D eigenvalue weighted by Gasteiger charge is -2.31. The first-order valence-electron chi connectivity index (χ1n) is 8.36. The molecule has 0 bridgehead atoms. The van der Waals surface area contributed by atoms with Gasteiger partial charge in [0.05, 0.1) is 12.0 Å². The van der Waals surface area contributed by atoms with Gasteiger partial charge in [-0.15, -0.1) is 0 Å². The number of hydrogen-bond donors (Lipinski definition) is 2. The van der Waals surface area contributed by atoms with Crippen molar-refractivity contribution in [3.05, 3.63) is 47.5 Å². The van der Waals surface area contributed by atoms with Crippen LogP contribution in [0.5, 0.6) is 0 Å². The maximum Gasteiger partial charge on any atom is 0.245 e. The van der Waals surface area contributed by atoms with E-state index in [2.05, 4.69) is 11.9 Å². The van der Waals surface area contributed by atoms with Crippen molar-refractivity contribution in [2.45, 2.75) is 32.8 Å². The van der Waals surface area contributed by atoms with Crippen LogP contribution in [0.1, 0.15) is 35.6 Å². The van der Waals surface area contributed by atoms with E-state index in [4.69, 9.17) is 0 Å². The Hall–Kier alpha value is -2.14. The van der Waals surface area contributed by atoms with E-state index in [1.807, 2.05) is 32.0 Å². The average molecular weight is 330 g/mol. The van der Waals surface area contributed by atoms with Gasteiger partial charge in [0.1, 0.15) is 0 Å². The maximum absolute atomic E-state index is 12.3. The molecule has 5 heteroatoms. The zero-order valence-corrected chi connectivity index (χ0v) is 14.4. The van der Waals surface area contributed by atoms with Gasteiger partial charge in [0.25, 0.3) is 0 Å². The Morgan fingerprint density at radius 3 is 2.67 bits per heavy atom. The molecule has 1 heterocycles. The number of carbonyl (C=O) groups excluding carboxylic acids is 2. The van der Waals surface area contributed by atoms with Crippen LogP contribution in [-0.2, 0) is 9.59 Å². The standard InChI is InChI=1S/C19H26N2O3/c1-4-18(23)21-7-5-6-15(12-21)19(24)20-11-17(22)16-9-13(2)8-14(3)10-16/h4,8-10,15,17,22H,1,5-7,11-12H2,2-3H3,(H,20,24). The van der Waals surface area contributed by atoms with Gasteiger partial charge in [-0.3, -0.25) is 9.59 Å². The monoisotopic (exact) mass is 330 g/mol. The van der Waals surface area contributed by atoms with Gasteiger partial charge in [0.2, 0.25) is 11.8 Å². The molecule has 2 amide bonds. The van der Waals surface area contributed by atoms with Crippen molar-refractivity contribution in [1.82, 2.24) is 10.2 Å². The van der Waals surface area contributed by atoms with Gasteiger partial charge in [0.15, 0.2) is 0 Å². The summed E-state index contributed by atoms with van der Waals surface area (Å²) in [7, 11) is 0. The molecule has 130 valence electrons. The summed E-state index contributed by atoms with van der Waals surface area (Å²) in [6.07, 6.45) is 2.11. The number of rotatable bonds is 5. The molecule has 0 spiro atoms.